The molecule has 1 unspecified atom stereocenters. The van der Waals surface area contributed by atoms with E-state index in [1.807, 2.05) is 0 Å². The van der Waals surface area contributed by atoms with E-state index in [1.165, 1.54) is 26.1 Å². The van der Waals surface area contributed by atoms with Crippen LogP contribution < -0.4 is 21.2 Å². The van der Waals surface area contributed by atoms with Gasteiger partial charge in [-0.25, -0.2) is 26.6 Å². The molecule has 37 heavy (non-hydrogen) atoms. The summed E-state index contributed by atoms with van der Waals surface area (Å²) in [5, 5.41) is 6.87. The maximum Gasteiger partial charge on any atom is 0.294 e. The van der Waals surface area contributed by atoms with Crippen LogP contribution in [0, 0.1) is 5.82 Å². The fourth-order valence-electron chi connectivity index (χ4n) is 4.44. The van der Waals surface area contributed by atoms with Crippen LogP contribution in [0.1, 0.15) is 43.4 Å². The fourth-order valence-corrected chi connectivity index (χ4v) is 4.44. The molecular weight excluding hydrogens is 503 g/mol. The molecule has 1 saturated carbocycles. The molecule has 3 aromatic rings. The fraction of sp³-hybridized carbons (Fsp3) is 0.458. The molecule has 1 N–H and O–H groups in total. The molecule has 2 aliphatic rings. The number of aryl methyl sites for hydroxylation is 1. The van der Waals surface area contributed by atoms with Gasteiger partial charge in [0.25, 0.3) is 24.0 Å². The Balaban J connectivity index is 1.69. The molecule has 2 fully saturated rings. The maximum atomic E-state index is 14.8. The van der Waals surface area contributed by atoms with Crippen molar-refractivity contribution in [3.63, 3.8) is 0 Å². The second-order valence-electron chi connectivity index (χ2n) is 9.30. The van der Waals surface area contributed by atoms with Gasteiger partial charge in [-0.1, -0.05) is 18.2 Å². The van der Waals surface area contributed by atoms with Crippen molar-refractivity contribution < 1.29 is 31.4 Å². The minimum absolute atomic E-state index is 0.00198. The molecule has 3 heterocycles. The lowest BCUT2D eigenvalue weighted by Crippen LogP contribution is -2.42. The largest absolute Gasteiger partial charge is 0.479 e. The molecule has 1 aromatic carbocycles. The van der Waals surface area contributed by atoms with Crippen molar-refractivity contribution in [2.24, 2.45) is 7.05 Å². The van der Waals surface area contributed by atoms with Gasteiger partial charge in [-0.2, -0.15) is 5.10 Å². The van der Waals surface area contributed by atoms with Gasteiger partial charge >= 0.3 is 0 Å². The lowest BCUT2D eigenvalue weighted by molar-refractivity contribution is -0.0799. The van der Waals surface area contributed by atoms with E-state index in [0.717, 1.165) is 21.5 Å². The first-order valence-corrected chi connectivity index (χ1v) is 11.6. The molecule has 1 aliphatic carbocycles. The number of hydrogen-bond donors (Lipinski definition) is 1. The number of anilines is 1. The van der Waals surface area contributed by atoms with Crippen molar-refractivity contribution in [2.75, 3.05) is 18.5 Å². The molecular formula is C24H23F5N4O4. The van der Waals surface area contributed by atoms with Crippen LogP contribution in [0.25, 0.3) is 10.8 Å². The van der Waals surface area contributed by atoms with Crippen LogP contribution in [0.3, 0.4) is 0 Å². The summed E-state index contributed by atoms with van der Waals surface area (Å²) in [6, 6.07) is 2.65. The highest BCUT2D eigenvalue weighted by atomic mass is 19.3. The van der Waals surface area contributed by atoms with Gasteiger partial charge in [0, 0.05) is 18.8 Å². The summed E-state index contributed by atoms with van der Waals surface area (Å²) in [6.07, 6.45) is -5.21. The zero-order valence-corrected chi connectivity index (χ0v) is 19.8. The molecule has 0 spiro atoms. The van der Waals surface area contributed by atoms with Gasteiger partial charge in [-0.3, -0.25) is 14.2 Å². The molecule has 8 nitrogen and oxygen atoms in total. The molecule has 13 heteroatoms. The van der Waals surface area contributed by atoms with Crippen molar-refractivity contribution in [3.05, 3.63) is 62.0 Å². The summed E-state index contributed by atoms with van der Waals surface area (Å²) in [7, 11) is 1.32. The van der Waals surface area contributed by atoms with E-state index >= 15 is 0 Å². The van der Waals surface area contributed by atoms with E-state index < -0.39 is 58.8 Å². The Kier molecular flexibility index (Phi) is 6.21. The van der Waals surface area contributed by atoms with Crippen LogP contribution in [-0.4, -0.2) is 40.1 Å². The number of halogens is 5. The minimum Gasteiger partial charge on any atom is -0.479 e. The van der Waals surface area contributed by atoms with Gasteiger partial charge in [0.15, 0.2) is 11.6 Å². The summed E-state index contributed by atoms with van der Waals surface area (Å²) in [4.78, 5) is 26.5. The van der Waals surface area contributed by atoms with Crippen molar-refractivity contribution in [1.82, 2.24) is 14.3 Å². The van der Waals surface area contributed by atoms with E-state index in [2.05, 4.69) is 10.4 Å². The van der Waals surface area contributed by atoms with E-state index in [0.29, 0.717) is 0 Å². The Hall–Kier alpha value is -3.48. The number of nitrogens with one attached hydrogen (secondary N) is 1. The standard InChI is InChI=1S/C24H23F5N4O4/c1-11(13-4-3-5-14(17(13)25)19(26)27)30-20-15-8-33(24(6-7-24)23(28)29)22(35)18(37-12-9-36-10-12)16(15)21(34)32(2)31-20/h3-5,8,11-12,19,23H,6-7,9-10H2,1-2H3,(H,30,31). The molecule has 2 aromatic heterocycles. The number of alkyl halides is 4. The number of rotatable bonds is 8. The number of ether oxygens (including phenoxy) is 2. The first-order valence-electron chi connectivity index (χ1n) is 11.6. The number of aromatic nitrogens is 3. The molecule has 0 bridgehead atoms. The zero-order chi connectivity index (χ0) is 26.6. The van der Waals surface area contributed by atoms with Crippen LogP contribution in [0.4, 0.5) is 27.8 Å². The summed E-state index contributed by atoms with van der Waals surface area (Å²) in [6.45, 7) is 1.80. The first kappa shape index (κ1) is 25.2. The second-order valence-corrected chi connectivity index (χ2v) is 9.30. The lowest BCUT2D eigenvalue weighted by atomic mass is 10.0. The average molecular weight is 526 g/mol. The lowest BCUT2D eigenvalue weighted by Gasteiger charge is -2.28. The summed E-state index contributed by atoms with van der Waals surface area (Å²) >= 11 is 0. The van der Waals surface area contributed by atoms with E-state index in [-0.39, 0.29) is 48.2 Å². The van der Waals surface area contributed by atoms with Crippen LogP contribution in [0.2, 0.25) is 0 Å². The molecule has 5 rings (SSSR count). The number of hydrogen-bond acceptors (Lipinski definition) is 6. The summed E-state index contributed by atoms with van der Waals surface area (Å²) < 4.78 is 81.9. The summed E-state index contributed by atoms with van der Waals surface area (Å²) in [5.41, 5.74) is -4.20. The van der Waals surface area contributed by atoms with Gasteiger partial charge in [-0.15, -0.1) is 0 Å². The van der Waals surface area contributed by atoms with Crippen LogP contribution >= 0.6 is 0 Å². The van der Waals surface area contributed by atoms with Crippen molar-refractivity contribution in [1.29, 1.82) is 0 Å². The smallest absolute Gasteiger partial charge is 0.294 e. The Morgan fingerprint density at radius 2 is 1.81 bits per heavy atom. The van der Waals surface area contributed by atoms with Gasteiger partial charge in [0.05, 0.1) is 30.2 Å². The molecule has 1 saturated heterocycles. The number of pyridine rings is 1. The Bertz CT molecular complexity index is 1480. The molecule has 1 atom stereocenters. The molecule has 1 aliphatic heterocycles. The van der Waals surface area contributed by atoms with E-state index in [1.54, 1.807) is 0 Å². The van der Waals surface area contributed by atoms with Crippen molar-refractivity contribution in [3.8, 4) is 5.75 Å². The molecule has 0 radical (unpaired) electrons. The maximum absolute atomic E-state index is 14.8. The summed E-state index contributed by atoms with van der Waals surface area (Å²) in [5.74, 6) is -1.55. The third-order valence-corrected chi connectivity index (χ3v) is 6.83. The number of fused-ring (bicyclic) bond motifs is 1. The predicted molar refractivity (Wildman–Crippen MR) is 123 cm³/mol. The van der Waals surface area contributed by atoms with Crippen LogP contribution in [0.5, 0.6) is 5.75 Å². The second kappa shape index (κ2) is 9.12. The Morgan fingerprint density at radius 1 is 1.14 bits per heavy atom. The van der Waals surface area contributed by atoms with Gasteiger partial charge in [-0.05, 0) is 19.8 Å². The SMILES string of the molecule is CC(Nc1nn(C)c(=O)c2c(OC3COC3)c(=O)n(C3(C(F)F)CC3)cc12)c1cccc(C(F)F)c1F. The highest BCUT2D eigenvalue weighted by Crippen LogP contribution is 2.48. The normalized spacial score (nSPS) is 17.8. The first-order chi connectivity index (χ1) is 17.5. The quantitative estimate of drug-likeness (QED) is 0.449. The minimum atomic E-state index is -3.03. The predicted octanol–water partition coefficient (Wildman–Crippen LogP) is 3.88. The van der Waals surface area contributed by atoms with Crippen LogP contribution in [-0.2, 0) is 17.3 Å². The van der Waals surface area contributed by atoms with Crippen molar-refractivity contribution >= 4 is 16.6 Å². The monoisotopic (exact) mass is 526 g/mol. The van der Waals surface area contributed by atoms with Gasteiger partial charge < -0.3 is 14.8 Å². The average Bonchev–Trinajstić information content (AvgIpc) is 3.62. The van der Waals surface area contributed by atoms with Gasteiger partial charge in [0.1, 0.15) is 22.8 Å². The molecule has 198 valence electrons. The Morgan fingerprint density at radius 3 is 2.38 bits per heavy atom. The van der Waals surface area contributed by atoms with Crippen molar-refractivity contribution in [2.45, 2.75) is 50.3 Å². The third-order valence-electron chi connectivity index (χ3n) is 6.83. The third kappa shape index (κ3) is 4.14. The topological polar surface area (TPSA) is 87.4 Å². The van der Waals surface area contributed by atoms with Gasteiger partial charge in [0.2, 0.25) is 0 Å². The highest BCUT2D eigenvalue weighted by Gasteiger charge is 2.54. The highest BCUT2D eigenvalue weighted by molar-refractivity contribution is 5.94. The van der Waals surface area contributed by atoms with E-state index in [4.69, 9.17) is 9.47 Å². The molecule has 0 amide bonds. The Labute approximate surface area is 206 Å². The van der Waals surface area contributed by atoms with E-state index in [9.17, 15) is 31.5 Å². The zero-order valence-electron chi connectivity index (χ0n) is 19.8. The number of nitrogens with zero attached hydrogens (tertiary/aromatic N) is 3. The number of benzene rings is 1. The van der Waals surface area contributed by atoms with Crippen LogP contribution in [0.15, 0.2) is 34.0 Å².